The second-order valence-corrected chi connectivity index (χ2v) is 6.73. The Morgan fingerprint density at radius 1 is 1.08 bits per heavy atom. The molecule has 1 aliphatic heterocycles. The number of hydrogen-bond donors (Lipinski definition) is 0. The van der Waals surface area contributed by atoms with Crippen LogP contribution in [0.2, 0.25) is 5.02 Å². The number of halogens is 2. The Morgan fingerprint density at radius 2 is 1.81 bits per heavy atom. The molecule has 1 aliphatic rings. The van der Waals surface area contributed by atoms with Crippen LogP contribution in [0.15, 0.2) is 48.7 Å². The van der Waals surface area contributed by atoms with Gasteiger partial charge in [-0.2, -0.15) is 5.10 Å². The summed E-state index contributed by atoms with van der Waals surface area (Å²) in [4.78, 5) is 16.7. The van der Waals surface area contributed by atoms with E-state index in [0.29, 0.717) is 43.3 Å². The first-order chi connectivity index (χ1) is 12.6. The van der Waals surface area contributed by atoms with Gasteiger partial charge in [-0.15, -0.1) is 0 Å². The molecule has 0 atom stereocenters. The number of carbonyl (C=O) groups excluding carboxylic acids is 1. The summed E-state index contributed by atoms with van der Waals surface area (Å²) in [6.07, 6.45) is 1.77. The molecule has 1 aromatic carbocycles. The zero-order valence-electron chi connectivity index (χ0n) is 14.1. The summed E-state index contributed by atoms with van der Waals surface area (Å²) in [7, 11) is 0. The summed E-state index contributed by atoms with van der Waals surface area (Å²) in [5.74, 6) is -0.355. The third-order valence-corrected chi connectivity index (χ3v) is 5.07. The molecule has 0 saturated carbocycles. The van der Waals surface area contributed by atoms with Gasteiger partial charge >= 0.3 is 0 Å². The van der Waals surface area contributed by atoms with Gasteiger partial charge in [0.2, 0.25) is 0 Å². The number of amides is 1. The predicted octanol–water partition coefficient (Wildman–Crippen LogP) is 3.08. The molecule has 7 heteroatoms. The number of fused-ring (bicyclic) bond motifs is 1. The van der Waals surface area contributed by atoms with Crippen LogP contribution in [0, 0.1) is 5.82 Å². The van der Waals surface area contributed by atoms with Crippen LogP contribution in [0.25, 0.3) is 5.52 Å². The summed E-state index contributed by atoms with van der Waals surface area (Å²) < 4.78 is 15.4. The van der Waals surface area contributed by atoms with E-state index in [-0.39, 0.29) is 17.4 Å². The summed E-state index contributed by atoms with van der Waals surface area (Å²) in [6.45, 7) is 3.05. The van der Waals surface area contributed by atoms with Crippen molar-refractivity contribution in [2.24, 2.45) is 0 Å². The maximum absolute atomic E-state index is 13.8. The Balaban J connectivity index is 1.43. The lowest BCUT2D eigenvalue weighted by atomic mass is 10.2. The number of piperazine rings is 1. The molecule has 1 saturated heterocycles. The first-order valence-electron chi connectivity index (χ1n) is 8.51. The number of aromatic nitrogens is 2. The molecule has 26 heavy (non-hydrogen) atoms. The van der Waals surface area contributed by atoms with E-state index in [4.69, 9.17) is 11.6 Å². The molecule has 0 radical (unpaired) electrons. The van der Waals surface area contributed by atoms with Crippen molar-refractivity contribution in [2.45, 2.75) is 6.54 Å². The van der Waals surface area contributed by atoms with Crippen LogP contribution in [-0.4, -0.2) is 51.5 Å². The highest BCUT2D eigenvalue weighted by molar-refractivity contribution is 6.36. The second-order valence-electron chi connectivity index (χ2n) is 6.35. The van der Waals surface area contributed by atoms with E-state index < -0.39 is 0 Å². The molecular formula is C19H18ClFN4O. The van der Waals surface area contributed by atoms with Crippen LogP contribution >= 0.6 is 11.6 Å². The van der Waals surface area contributed by atoms with E-state index in [1.165, 1.54) is 6.07 Å². The largest absolute Gasteiger partial charge is 0.335 e. The second kappa shape index (κ2) is 7.05. The van der Waals surface area contributed by atoms with Crippen LogP contribution in [-0.2, 0) is 6.54 Å². The minimum absolute atomic E-state index is 0.163. The molecule has 134 valence electrons. The minimum Gasteiger partial charge on any atom is -0.335 e. The SMILES string of the molecule is O=C(c1nn2ccccc2c1Cl)N1CCN(Cc2ccccc2F)CC1. The maximum Gasteiger partial charge on any atom is 0.276 e. The Kier molecular flexibility index (Phi) is 4.61. The zero-order valence-corrected chi connectivity index (χ0v) is 14.9. The lowest BCUT2D eigenvalue weighted by molar-refractivity contribution is 0.0621. The minimum atomic E-state index is -0.192. The van der Waals surface area contributed by atoms with Crippen molar-refractivity contribution in [3.05, 3.63) is 70.8 Å². The van der Waals surface area contributed by atoms with Crippen molar-refractivity contribution in [3.63, 3.8) is 0 Å². The molecule has 3 aromatic rings. The van der Waals surface area contributed by atoms with Crippen LogP contribution in [0.3, 0.4) is 0 Å². The first-order valence-corrected chi connectivity index (χ1v) is 8.89. The fraction of sp³-hybridized carbons (Fsp3) is 0.263. The fourth-order valence-electron chi connectivity index (χ4n) is 3.23. The maximum atomic E-state index is 13.8. The van der Waals surface area contributed by atoms with Crippen molar-refractivity contribution >= 4 is 23.0 Å². The molecule has 1 amide bonds. The van der Waals surface area contributed by atoms with Gasteiger partial charge in [-0.05, 0) is 18.2 Å². The highest BCUT2D eigenvalue weighted by atomic mass is 35.5. The first kappa shape index (κ1) is 17.0. The number of hydrogen-bond acceptors (Lipinski definition) is 3. The van der Waals surface area contributed by atoms with Crippen molar-refractivity contribution in [3.8, 4) is 0 Å². The van der Waals surface area contributed by atoms with E-state index in [2.05, 4.69) is 10.00 Å². The Labute approximate surface area is 155 Å². The molecule has 3 heterocycles. The summed E-state index contributed by atoms with van der Waals surface area (Å²) in [5.41, 5.74) is 1.67. The fourth-order valence-corrected chi connectivity index (χ4v) is 3.50. The van der Waals surface area contributed by atoms with E-state index in [1.54, 1.807) is 27.7 Å². The summed E-state index contributed by atoms with van der Waals surface area (Å²) >= 11 is 6.34. The van der Waals surface area contributed by atoms with Gasteiger partial charge in [0.1, 0.15) is 5.82 Å². The average molecular weight is 373 g/mol. The van der Waals surface area contributed by atoms with Crippen LogP contribution in [0.4, 0.5) is 4.39 Å². The number of rotatable bonds is 3. The quantitative estimate of drug-likeness (QED) is 0.709. The Hall–Kier alpha value is -2.44. The Morgan fingerprint density at radius 3 is 2.54 bits per heavy atom. The molecular weight excluding hydrogens is 355 g/mol. The van der Waals surface area contributed by atoms with Crippen molar-refractivity contribution in [2.75, 3.05) is 26.2 Å². The van der Waals surface area contributed by atoms with E-state index in [9.17, 15) is 9.18 Å². The van der Waals surface area contributed by atoms with E-state index in [1.807, 2.05) is 24.3 Å². The predicted molar refractivity (Wildman–Crippen MR) is 97.8 cm³/mol. The molecule has 0 spiro atoms. The smallest absolute Gasteiger partial charge is 0.276 e. The zero-order chi connectivity index (χ0) is 18.1. The van der Waals surface area contributed by atoms with Gasteiger partial charge < -0.3 is 4.90 Å². The highest BCUT2D eigenvalue weighted by Gasteiger charge is 2.26. The molecule has 0 unspecified atom stereocenters. The van der Waals surface area contributed by atoms with E-state index >= 15 is 0 Å². The lowest BCUT2D eigenvalue weighted by Crippen LogP contribution is -2.48. The monoisotopic (exact) mass is 372 g/mol. The number of pyridine rings is 1. The standard InChI is InChI=1S/C19H18ClFN4O/c20-17-16-7-3-4-8-25(16)22-18(17)19(26)24-11-9-23(10-12-24)13-14-5-1-2-6-15(14)21/h1-8H,9-13H2. The summed E-state index contributed by atoms with van der Waals surface area (Å²) in [6, 6.07) is 12.3. The molecule has 5 nitrogen and oxygen atoms in total. The third-order valence-electron chi connectivity index (χ3n) is 4.69. The molecule has 1 fully saturated rings. The molecule has 4 rings (SSSR count). The van der Waals surface area contributed by atoms with Crippen LogP contribution in [0.1, 0.15) is 16.1 Å². The summed E-state index contributed by atoms with van der Waals surface area (Å²) in [5, 5.41) is 4.70. The van der Waals surface area contributed by atoms with Gasteiger partial charge in [-0.1, -0.05) is 35.9 Å². The Bertz CT molecular complexity index is 950. The highest BCUT2D eigenvalue weighted by Crippen LogP contribution is 2.23. The molecule has 0 aliphatic carbocycles. The van der Waals surface area contributed by atoms with Crippen LogP contribution < -0.4 is 0 Å². The third kappa shape index (κ3) is 3.18. The number of carbonyl (C=O) groups is 1. The molecule has 2 aromatic heterocycles. The van der Waals surface area contributed by atoms with Crippen molar-refractivity contribution in [1.29, 1.82) is 0 Å². The van der Waals surface area contributed by atoms with Gasteiger partial charge in [0.25, 0.3) is 5.91 Å². The van der Waals surface area contributed by atoms with Gasteiger partial charge in [0.15, 0.2) is 5.69 Å². The average Bonchev–Trinajstić information content (AvgIpc) is 3.01. The molecule has 0 bridgehead atoms. The normalized spacial score (nSPS) is 15.5. The number of nitrogens with zero attached hydrogens (tertiary/aromatic N) is 4. The van der Waals surface area contributed by atoms with E-state index in [0.717, 1.165) is 5.52 Å². The van der Waals surface area contributed by atoms with Gasteiger partial charge in [-0.3, -0.25) is 9.69 Å². The van der Waals surface area contributed by atoms with Crippen molar-refractivity contribution in [1.82, 2.24) is 19.4 Å². The van der Waals surface area contributed by atoms with Gasteiger partial charge in [0.05, 0.1) is 10.5 Å². The molecule has 0 N–H and O–H groups in total. The van der Waals surface area contributed by atoms with Gasteiger partial charge in [-0.25, -0.2) is 8.91 Å². The van der Waals surface area contributed by atoms with Crippen LogP contribution in [0.5, 0.6) is 0 Å². The van der Waals surface area contributed by atoms with Crippen molar-refractivity contribution < 1.29 is 9.18 Å². The topological polar surface area (TPSA) is 40.9 Å². The van der Waals surface area contributed by atoms with Gasteiger partial charge in [0, 0.05) is 44.5 Å². The lowest BCUT2D eigenvalue weighted by Gasteiger charge is -2.34. The number of benzene rings is 1.